The zero-order chi connectivity index (χ0) is 37.4. The highest BCUT2D eigenvalue weighted by molar-refractivity contribution is 6.27. The van der Waals surface area contributed by atoms with Crippen LogP contribution in [0.25, 0.3) is 22.2 Å². The molecule has 0 spiro atoms. The molecule has 4 aliphatic rings. The van der Waals surface area contributed by atoms with Crippen molar-refractivity contribution < 1.29 is 23.9 Å². The maximum absolute atomic E-state index is 14.7. The number of ketones is 1. The minimum Gasteiger partial charge on any atom is -0.466 e. The van der Waals surface area contributed by atoms with Crippen LogP contribution in [0.5, 0.6) is 0 Å². The van der Waals surface area contributed by atoms with E-state index >= 15 is 0 Å². The van der Waals surface area contributed by atoms with Crippen LogP contribution in [0.3, 0.4) is 0 Å². The van der Waals surface area contributed by atoms with E-state index in [4.69, 9.17) is 14.7 Å². The Morgan fingerprint density at radius 2 is 1.60 bits per heavy atom. The Balaban J connectivity index is 1.69. The lowest BCUT2D eigenvalue weighted by atomic mass is 9.84. The molecule has 0 fully saturated rings. The van der Waals surface area contributed by atoms with Crippen LogP contribution in [-0.4, -0.2) is 61.6 Å². The lowest BCUT2D eigenvalue weighted by molar-refractivity contribution is -0.143. The van der Waals surface area contributed by atoms with Gasteiger partial charge in [0.25, 0.3) is 11.8 Å². The van der Waals surface area contributed by atoms with E-state index in [1.807, 2.05) is 32.9 Å². The second-order valence-electron chi connectivity index (χ2n) is 14.9. The van der Waals surface area contributed by atoms with Crippen molar-refractivity contribution in [3.63, 3.8) is 0 Å². The van der Waals surface area contributed by atoms with Crippen molar-refractivity contribution >= 4 is 45.7 Å². The largest absolute Gasteiger partial charge is 0.466 e. The summed E-state index contributed by atoms with van der Waals surface area (Å²) in [7, 11) is 0. The van der Waals surface area contributed by atoms with E-state index < -0.39 is 0 Å². The van der Waals surface area contributed by atoms with Crippen molar-refractivity contribution in [2.45, 2.75) is 130 Å². The molecule has 10 heteroatoms. The molecule has 8 bridgehead atoms. The SMILES string of the molecule is CCCCCCN1C(=O)c2c3nc(cc4nc(cc5[nH]c(cc6[nH]c2c(c6C)C1=O)[C@H](CC)[C@H]5C)C(C(C)=O)=C4C)[C@@H](C)[C@@H]3CCC(=O)OCCC. The van der Waals surface area contributed by atoms with Crippen LogP contribution < -0.4 is 0 Å². The van der Waals surface area contributed by atoms with Crippen molar-refractivity contribution in [1.82, 2.24) is 24.8 Å². The monoisotopic (exact) mass is 707 g/mol. The van der Waals surface area contributed by atoms with Gasteiger partial charge in [-0.2, -0.15) is 0 Å². The maximum Gasteiger partial charge on any atom is 0.305 e. The number of ether oxygens (including phenoxy) is 1. The summed E-state index contributed by atoms with van der Waals surface area (Å²) in [4.78, 5) is 73.7. The van der Waals surface area contributed by atoms with E-state index in [9.17, 15) is 19.2 Å². The van der Waals surface area contributed by atoms with Crippen LogP contribution in [0.4, 0.5) is 0 Å². The number of H-pyrrole nitrogens is 2. The fourth-order valence-electron chi connectivity index (χ4n) is 8.40. The maximum atomic E-state index is 14.7. The topological polar surface area (TPSA) is 138 Å². The summed E-state index contributed by atoms with van der Waals surface area (Å²) in [5.74, 6) is -1.22. The number of amides is 2. The van der Waals surface area contributed by atoms with Crippen molar-refractivity contribution in [2.75, 3.05) is 13.2 Å². The Morgan fingerprint density at radius 3 is 2.29 bits per heavy atom. The molecule has 52 heavy (non-hydrogen) atoms. The molecule has 0 aromatic carbocycles. The average Bonchev–Trinajstić information content (AvgIpc) is 3.79. The van der Waals surface area contributed by atoms with Crippen LogP contribution >= 0.6 is 0 Å². The Bertz CT molecular complexity index is 2030. The number of allylic oxidation sites excluding steroid dienone is 2. The molecule has 2 amide bonds. The predicted octanol–water partition coefficient (Wildman–Crippen LogP) is 8.96. The molecule has 4 aliphatic heterocycles. The number of unbranched alkanes of at least 4 members (excludes halogenated alkanes) is 3. The first-order chi connectivity index (χ1) is 24.9. The Labute approximate surface area is 306 Å². The second-order valence-corrected chi connectivity index (χ2v) is 14.9. The fourth-order valence-corrected chi connectivity index (χ4v) is 8.40. The summed E-state index contributed by atoms with van der Waals surface area (Å²) < 4.78 is 5.44. The number of aryl methyl sites for hydroxylation is 1. The van der Waals surface area contributed by atoms with Gasteiger partial charge in [0.1, 0.15) is 0 Å². The lowest BCUT2D eigenvalue weighted by Crippen LogP contribution is -2.41. The molecule has 2 N–H and O–H groups in total. The van der Waals surface area contributed by atoms with Crippen molar-refractivity contribution in [3.05, 3.63) is 69.1 Å². The fraction of sp³-hybridized carbons (Fsp3) is 0.524. The third-order valence-corrected chi connectivity index (χ3v) is 11.5. The number of aromatic amines is 2. The molecule has 276 valence electrons. The lowest BCUT2D eigenvalue weighted by Gasteiger charge is -2.27. The molecule has 10 nitrogen and oxygen atoms in total. The van der Waals surface area contributed by atoms with Crippen LogP contribution in [0.1, 0.15) is 184 Å². The normalized spacial score (nSPS) is 20.4. The number of nitrogens with zero attached hydrogens (tertiary/aromatic N) is 3. The Kier molecular flexibility index (Phi) is 10.8. The second kappa shape index (κ2) is 15.2. The van der Waals surface area contributed by atoms with Crippen LogP contribution in [0, 0.1) is 6.92 Å². The molecule has 0 radical (unpaired) electrons. The van der Waals surface area contributed by atoms with Gasteiger partial charge in [-0.15, -0.1) is 0 Å². The number of nitrogens with one attached hydrogen (secondary N) is 2. The molecule has 2 aromatic heterocycles. The van der Waals surface area contributed by atoms with Crippen LogP contribution in [0.2, 0.25) is 0 Å². The first-order valence-corrected chi connectivity index (χ1v) is 19.2. The number of imide groups is 1. The number of carbonyl (C=O) groups excluding carboxylic acids is 4. The molecule has 0 unspecified atom stereocenters. The number of carbonyl (C=O) groups is 4. The molecule has 6 rings (SSSR count). The number of hydrogen-bond donors (Lipinski definition) is 2. The Hall–Kier alpha value is -4.60. The molecule has 4 atom stereocenters. The first-order valence-electron chi connectivity index (χ1n) is 19.2. The number of aromatic nitrogens is 4. The highest BCUT2D eigenvalue weighted by Gasteiger charge is 2.41. The number of Topliss-reactive ketones (excluding diaryl/α,β-unsaturated/α-hetero) is 1. The predicted molar refractivity (Wildman–Crippen MR) is 203 cm³/mol. The van der Waals surface area contributed by atoms with E-state index in [-0.39, 0.29) is 53.7 Å². The van der Waals surface area contributed by atoms with E-state index in [0.717, 1.165) is 60.1 Å². The molecule has 6 heterocycles. The van der Waals surface area contributed by atoms with E-state index in [1.54, 1.807) is 6.92 Å². The summed E-state index contributed by atoms with van der Waals surface area (Å²) >= 11 is 0. The van der Waals surface area contributed by atoms with Crippen molar-refractivity contribution in [2.24, 2.45) is 0 Å². The van der Waals surface area contributed by atoms with Gasteiger partial charge in [0.2, 0.25) is 0 Å². The highest BCUT2D eigenvalue weighted by Crippen LogP contribution is 2.45. The van der Waals surface area contributed by atoms with Gasteiger partial charge in [-0.1, -0.05) is 53.9 Å². The molecular weight excluding hydrogens is 654 g/mol. The van der Waals surface area contributed by atoms with E-state index in [0.29, 0.717) is 71.0 Å². The van der Waals surface area contributed by atoms with Gasteiger partial charge in [0, 0.05) is 64.8 Å². The van der Waals surface area contributed by atoms with Gasteiger partial charge in [-0.05, 0) is 75.8 Å². The number of hydrogen-bond acceptors (Lipinski definition) is 7. The minimum absolute atomic E-state index is 0.0613. The molecule has 0 aliphatic carbocycles. The smallest absolute Gasteiger partial charge is 0.305 e. The standard InChI is InChI=1S/C42H53N5O5/c1-9-12-13-14-17-47-41(50)37-25(7)32-20-33-27(11-3)22(4)29(43-33)21-34-36(26(8)48)24(6)31(44-34)19-30-23(5)28(15-16-35(49)52-18-10-2)39(45-30)38(42(47)51)40(37)46-32/h19-23,27-28,43,46H,9-18H2,1-8H3/t22-,23+,27-,28+/m1/s1. The van der Waals surface area contributed by atoms with Crippen molar-refractivity contribution in [1.29, 1.82) is 0 Å². The van der Waals surface area contributed by atoms with Crippen molar-refractivity contribution in [3.8, 4) is 0 Å². The Morgan fingerprint density at radius 1 is 0.846 bits per heavy atom. The minimum atomic E-state index is -0.366. The van der Waals surface area contributed by atoms with Crippen LogP contribution in [-0.2, 0) is 14.3 Å². The number of rotatable bonds is 12. The quantitative estimate of drug-likeness (QED) is 0.128. The third kappa shape index (κ3) is 6.61. The summed E-state index contributed by atoms with van der Waals surface area (Å²) in [6.07, 6.45) is 5.88. The zero-order valence-corrected chi connectivity index (χ0v) is 32.0. The zero-order valence-electron chi connectivity index (χ0n) is 32.0. The van der Waals surface area contributed by atoms with Gasteiger partial charge in [0.05, 0.1) is 40.3 Å². The number of fused-ring (bicyclic) bond motifs is 8. The van der Waals surface area contributed by atoms with Gasteiger partial charge in [-0.3, -0.25) is 29.1 Å². The van der Waals surface area contributed by atoms with Gasteiger partial charge >= 0.3 is 5.97 Å². The number of esters is 1. The van der Waals surface area contributed by atoms with Gasteiger partial charge in [-0.25, -0.2) is 4.98 Å². The first kappa shape index (κ1) is 37.2. The molecule has 2 aromatic rings. The third-order valence-electron chi connectivity index (χ3n) is 11.5. The van der Waals surface area contributed by atoms with Gasteiger partial charge < -0.3 is 14.7 Å². The van der Waals surface area contributed by atoms with Crippen LogP contribution in [0.15, 0.2) is 18.2 Å². The molecule has 0 saturated carbocycles. The highest BCUT2D eigenvalue weighted by atomic mass is 16.5. The molecular formula is C42H53N5O5. The van der Waals surface area contributed by atoms with E-state index in [1.165, 1.54) is 4.90 Å². The van der Waals surface area contributed by atoms with Gasteiger partial charge in [0.15, 0.2) is 5.78 Å². The summed E-state index contributed by atoms with van der Waals surface area (Å²) in [6, 6.07) is 5.99. The average molecular weight is 708 g/mol. The summed E-state index contributed by atoms with van der Waals surface area (Å²) in [6.45, 7) is 16.6. The van der Waals surface area contributed by atoms with E-state index in [2.05, 4.69) is 43.7 Å². The summed E-state index contributed by atoms with van der Waals surface area (Å²) in [5, 5.41) is 0. The molecule has 0 saturated heterocycles. The summed E-state index contributed by atoms with van der Waals surface area (Å²) in [5.41, 5.74) is 8.76.